The molecule has 0 aromatic carbocycles. The maximum atomic E-state index is 8.33. The van der Waals surface area contributed by atoms with Crippen molar-refractivity contribution in [3.05, 3.63) is 0 Å². The van der Waals surface area contributed by atoms with Crippen LogP contribution in [0, 0.1) is 0 Å². The molecule has 0 N–H and O–H groups in total. The molecule has 0 aromatic rings. The van der Waals surface area contributed by atoms with Gasteiger partial charge >= 0.3 is 63.9 Å². The molecule has 8 heavy (non-hydrogen) atoms. The summed E-state index contributed by atoms with van der Waals surface area (Å²) in [6.07, 6.45) is -2.33. The van der Waals surface area contributed by atoms with Gasteiger partial charge in [-0.25, -0.2) is 0 Å². The fourth-order valence-electron chi connectivity index (χ4n) is 0. The number of hydrogen-bond acceptors (Lipinski definition) is 3. The van der Waals surface area contributed by atoms with Crippen molar-refractivity contribution in [1.82, 2.24) is 0 Å². The van der Waals surface area contributed by atoms with Gasteiger partial charge in [-0.05, 0) is 6.16 Å². The van der Waals surface area contributed by atoms with Gasteiger partial charge in [-0.15, -0.1) is 0 Å². The normalized spacial score (nSPS) is 3.00. The number of rotatable bonds is 0. The Morgan fingerprint density at radius 2 is 1.25 bits per heavy atom. The van der Waals surface area contributed by atoms with E-state index in [0.29, 0.717) is 0 Å². The molecular weight excluding hydrogens is 344 g/mol. The third-order valence-electron chi connectivity index (χ3n) is 0. The largest absolute Gasteiger partial charge is 3.00 e. The summed E-state index contributed by atoms with van der Waals surface area (Å²) in [6.45, 7) is 0. The molecule has 0 aromatic heterocycles. The minimum Gasteiger partial charge on any atom is -2.00 e. The van der Waals surface area contributed by atoms with Crippen LogP contribution in [0.15, 0.2) is 0 Å². The average molecular weight is 344 g/mol. The summed E-state index contributed by atoms with van der Waals surface area (Å²) in [4.78, 5) is 8.33. The summed E-state index contributed by atoms with van der Waals surface area (Å²) in [7, 11) is 0. The van der Waals surface area contributed by atoms with Crippen molar-refractivity contribution >= 4 is 70.1 Å². The van der Waals surface area contributed by atoms with E-state index in [0.717, 1.165) is 0 Å². The van der Waals surface area contributed by atoms with Gasteiger partial charge in [-0.1, -0.05) is 0 Å². The van der Waals surface area contributed by atoms with Crippen molar-refractivity contribution in [3.63, 3.8) is 0 Å². The fraction of sp³-hybridized carbons (Fsp3) is 0. The van der Waals surface area contributed by atoms with Crippen molar-refractivity contribution < 1.29 is 25.2 Å². The zero-order chi connectivity index (χ0) is 3.58. The van der Waals surface area contributed by atoms with Gasteiger partial charge in [-0.3, -0.25) is 0 Å². The van der Waals surface area contributed by atoms with E-state index in [-0.39, 0.29) is 74.1 Å². The van der Waals surface area contributed by atoms with Gasteiger partial charge < -0.3 is 25.2 Å². The van der Waals surface area contributed by atoms with Crippen LogP contribution in [-0.4, -0.2) is 70.1 Å². The zero-order valence-corrected chi connectivity index (χ0v) is 9.35. The van der Waals surface area contributed by atoms with Crippen molar-refractivity contribution in [2.45, 2.75) is 0 Å². The molecular formula is CBiCaFO4. The number of hydrogen-bond donors (Lipinski definition) is 0. The third-order valence-corrected chi connectivity index (χ3v) is 0. The zero-order valence-electron chi connectivity index (χ0n) is 3.67. The maximum Gasteiger partial charge on any atom is 3.00 e. The fourth-order valence-corrected chi connectivity index (χ4v) is 0. The Labute approximate surface area is 94.1 Å². The van der Waals surface area contributed by atoms with Crippen LogP contribution in [0.1, 0.15) is 0 Å². The summed E-state index contributed by atoms with van der Waals surface area (Å²) >= 11 is 0. The van der Waals surface area contributed by atoms with Gasteiger partial charge in [0.25, 0.3) is 0 Å². The predicted octanol–water partition coefficient (Wildman–Crippen LogP) is -6.32. The predicted molar refractivity (Wildman–Crippen MR) is 17.6 cm³/mol. The quantitative estimate of drug-likeness (QED) is 0.410. The molecule has 42 valence electrons. The molecule has 0 aliphatic rings. The van der Waals surface area contributed by atoms with Crippen LogP contribution in [0.25, 0.3) is 0 Å². The monoisotopic (exact) mass is 344 g/mol. The van der Waals surface area contributed by atoms with E-state index in [1.54, 1.807) is 0 Å². The van der Waals surface area contributed by atoms with E-state index >= 15 is 0 Å². The van der Waals surface area contributed by atoms with E-state index < -0.39 is 6.16 Å². The Kier molecular flexibility index (Phi) is 104. The summed E-state index contributed by atoms with van der Waals surface area (Å²) in [6, 6.07) is 0. The molecule has 0 aliphatic carbocycles. The Balaban J connectivity index is -0.00000000750. The van der Waals surface area contributed by atoms with Gasteiger partial charge in [-0.2, -0.15) is 0 Å². The molecule has 0 amide bonds. The van der Waals surface area contributed by atoms with Crippen LogP contribution in [0.2, 0.25) is 0 Å². The van der Waals surface area contributed by atoms with Gasteiger partial charge in [0.05, 0.1) is 0 Å². The summed E-state index contributed by atoms with van der Waals surface area (Å²) < 4.78 is 0. The topological polar surface area (TPSA) is 91.7 Å². The first-order chi connectivity index (χ1) is 1.73. The first kappa shape index (κ1) is 34.6. The Hall–Kier alpha value is 1.30. The summed E-state index contributed by atoms with van der Waals surface area (Å²) in [5.74, 6) is 0. The second-order valence-electron chi connectivity index (χ2n) is 0.250. The smallest absolute Gasteiger partial charge is 2.00 e. The molecule has 0 heterocycles. The molecule has 0 bridgehead atoms. The van der Waals surface area contributed by atoms with Gasteiger partial charge in [0, 0.05) is 0 Å². The first-order valence-corrected chi connectivity index (χ1v) is 0.612. The minimum atomic E-state index is -2.33. The third kappa shape index (κ3) is 171. The van der Waals surface area contributed by atoms with Crippen molar-refractivity contribution in [3.8, 4) is 0 Å². The SMILES string of the molecule is O=C([O-])[O-].[Bi+3].[Ca+2].[F-].[O-2]. The van der Waals surface area contributed by atoms with Crippen LogP contribution in [0.4, 0.5) is 4.79 Å². The molecule has 0 atom stereocenters. The summed E-state index contributed by atoms with van der Waals surface area (Å²) in [5, 5.41) is 16.7. The van der Waals surface area contributed by atoms with Crippen molar-refractivity contribution in [2.24, 2.45) is 0 Å². The molecule has 0 spiro atoms. The molecule has 0 saturated heterocycles. The number of halogens is 1. The minimum absolute atomic E-state index is 0. The van der Waals surface area contributed by atoms with Gasteiger partial charge in [0.1, 0.15) is 0 Å². The molecule has 0 fully saturated rings. The number of carboxylic acid groups (broad SMARTS) is 2. The Morgan fingerprint density at radius 3 is 1.25 bits per heavy atom. The average Bonchev–Trinajstić information content (AvgIpc) is 0.811. The van der Waals surface area contributed by atoms with Crippen molar-refractivity contribution in [2.75, 3.05) is 0 Å². The van der Waals surface area contributed by atoms with E-state index in [1.807, 2.05) is 0 Å². The van der Waals surface area contributed by atoms with E-state index in [1.165, 1.54) is 0 Å². The summed E-state index contributed by atoms with van der Waals surface area (Å²) in [5.41, 5.74) is 0. The van der Waals surface area contributed by atoms with Crippen LogP contribution in [0.3, 0.4) is 0 Å². The number of carbonyl (C=O) groups is 1. The van der Waals surface area contributed by atoms with Crippen LogP contribution < -0.4 is 14.9 Å². The van der Waals surface area contributed by atoms with E-state index in [9.17, 15) is 0 Å². The van der Waals surface area contributed by atoms with Crippen molar-refractivity contribution in [1.29, 1.82) is 0 Å². The molecule has 0 aliphatic heterocycles. The Morgan fingerprint density at radius 1 is 1.25 bits per heavy atom. The van der Waals surface area contributed by atoms with Crippen LogP contribution >= 0.6 is 0 Å². The molecule has 0 rings (SSSR count). The first-order valence-electron chi connectivity index (χ1n) is 0.612. The maximum absolute atomic E-state index is 8.33. The second kappa shape index (κ2) is 23.9. The second-order valence-corrected chi connectivity index (χ2v) is 0.250. The van der Waals surface area contributed by atoms with Gasteiger partial charge in [0.15, 0.2) is 0 Å². The standard InChI is InChI=1S/CH2O3.Bi.Ca.FH.O/c2-1(3)4;;;;/h(H2,2,3,4);;;1H;/q;+3;+2;;-2/p-3. The number of carbonyl (C=O) groups excluding carboxylic acids is 1. The van der Waals surface area contributed by atoms with E-state index in [4.69, 9.17) is 15.0 Å². The molecule has 7 heteroatoms. The van der Waals surface area contributed by atoms with Gasteiger partial charge in [0.2, 0.25) is 0 Å². The van der Waals surface area contributed by atoms with Crippen LogP contribution in [0.5, 0.6) is 0 Å². The molecule has 0 unspecified atom stereocenters. The molecule has 2 radical (unpaired) electrons. The van der Waals surface area contributed by atoms with E-state index in [2.05, 4.69) is 0 Å². The Bertz CT molecular complexity index is 39.0. The molecule has 4 nitrogen and oxygen atoms in total. The molecule has 0 saturated carbocycles. The van der Waals surface area contributed by atoms with Crippen LogP contribution in [-0.2, 0) is 5.48 Å².